The third-order valence-electron chi connectivity index (χ3n) is 3.83. The van der Waals surface area contributed by atoms with Gasteiger partial charge in [0.1, 0.15) is 5.75 Å². The van der Waals surface area contributed by atoms with Crippen molar-refractivity contribution in [2.24, 2.45) is 11.8 Å². The van der Waals surface area contributed by atoms with Crippen molar-refractivity contribution >= 4 is 5.91 Å². The molecule has 1 aromatic rings. The number of amides is 1. The predicted molar refractivity (Wildman–Crippen MR) is 75.1 cm³/mol. The van der Waals surface area contributed by atoms with Crippen LogP contribution in [0.2, 0.25) is 0 Å². The lowest BCUT2D eigenvalue weighted by Gasteiger charge is -2.19. The van der Waals surface area contributed by atoms with Gasteiger partial charge < -0.3 is 15.4 Å². The molecule has 1 saturated heterocycles. The van der Waals surface area contributed by atoms with Crippen molar-refractivity contribution in [3.05, 3.63) is 29.8 Å². The van der Waals surface area contributed by atoms with Crippen LogP contribution in [0.1, 0.15) is 25.5 Å². The minimum absolute atomic E-state index is 0.0196. The molecule has 19 heavy (non-hydrogen) atoms. The summed E-state index contributed by atoms with van der Waals surface area (Å²) in [6.07, 6.45) is 0. The first-order valence-electron chi connectivity index (χ1n) is 6.77. The first kappa shape index (κ1) is 13.9. The molecule has 2 rings (SSSR count). The summed E-state index contributed by atoms with van der Waals surface area (Å²) < 4.78 is 5.13. The molecule has 104 valence electrons. The molecule has 0 aliphatic carbocycles. The molecule has 1 heterocycles. The first-order chi connectivity index (χ1) is 9.11. The van der Waals surface area contributed by atoms with Crippen molar-refractivity contribution < 1.29 is 9.53 Å². The number of benzene rings is 1. The fraction of sp³-hybridized carbons (Fsp3) is 0.533. The summed E-state index contributed by atoms with van der Waals surface area (Å²) in [5.74, 6) is 1.46. The smallest absolute Gasteiger partial charge is 0.225 e. The molecule has 4 heteroatoms. The number of hydrogen-bond donors (Lipinski definition) is 2. The van der Waals surface area contributed by atoms with Crippen LogP contribution in [0.3, 0.4) is 0 Å². The van der Waals surface area contributed by atoms with Crippen LogP contribution in [0.25, 0.3) is 0 Å². The van der Waals surface area contributed by atoms with E-state index in [2.05, 4.69) is 17.6 Å². The zero-order valence-electron chi connectivity index (χ0n) is 11.8. The maximum Gasteiger partial charge on any atom is 0.225 e. The van der Waals surface area contributed by atoms with E-state index in [4.69, 9.17) is 4.74 Å². The Morgan fingerprint density at radius 2 is 2.05 bits per heavy atom. The summed E-state index contributed by atoms with van der Waals surface area (Å²) in [4.78, 5) is 12.2. The normalized spacial score (nSPS) is 23.9. The van der Waals surface area contributed by atoms with Gasteiger partial charge in [-0.15, -0.1) is 0 Å². The number of carbonyl (C=O) groups excluding carboxylic acids is 1. The third-order valence-corrected chi connectivity index (χ3v) is 3.83. The SMILES string of the molecule is COc1ccc([C@@H](C)NC(=O)[C@@H]2CNC[C@H]2C)cc1. The lowest BCUT2D eigenvalue weighted by molar-refractivity contribution is -0.126. The van der Waals surface area contributed by atoms with Crippen LogP contribution >= 0.6 is 0 Å². The van der Waals surface area contributed by atoms with Crippen molar-refractivity contribution in [1.82, 2.24) is 10.6 Å². The van der Waals surface area contributed by atoms with E-state index in [1.165, 1.54) is 0 Å². The van der Waals surface area contributed by atoms with Gasteiger partial charge in [0.2, 0.25) is 5.91 Å². The number of rotatable bonds is 4. The van der Waals surface area contributed by atoms with E-state index < -0.39 is 0 Å². The van der Waals surface area contributed by atoms with Gasteiger partial charge in [-0.05, 0) is 37.1 Å². The summed E-state index contributed by atoms with van der Waals surface area (Å²) in [5.41, 5.74) is 1.09. The van der Waals surface area contributed by atoms with E-state index in [1.807, 2.05) is 31.2 Å². The van der Waals surface area contributed by atoms with Gasteiger partial charge in [-0.2, -0.15) is 0 Å². The number of nitrogens with one attached hydrogen (secondary N) is 2. The van der Waals surface area contributed by atoms with Crippen LogP contribution in [0, 0.1) is 11.8 Å². The maximum absolute atomic E-state index is 12.2. The van der Waals surface area contributed by atoms with Crippen molar-refractivity contribution in [1.29, 1.82) is 0 Å². The Hall–Kier alpha value is -1.55. The van der Waals surface area contributed by atoms with E-state index in [0.29, 0.717) is 5.92 Å². The number of hydrogen-bond acceptors (Lipinski definition) is 3. The van der Waals surface area contributed by atoms with Crippen LogP contribution < -0.4 is 15.4 Å². The predicted octanol–water partition coefficient (Wildman–Crippen LogP) is 1.73. The molecule has 0 unspecified atom stereocenters. The largest absolute Gasteiger partial charge is 0.497 e. The zero-order valence-corrected chi connectivity index (χ0v) is 11.8. The summed E-state index contributed by atoms with van der Waals surface area (Å²) in [6, 6.07) is 7.82. The van der Waals surface area contributed by atoms with Crippen molar-refractivity contribution in [2.45, 2.75) is 19.9 Å². The first-order valence-corrected chi connectivity index (χ1v) is 6.77. The molecule has 4 nitrogen and oxygen atoms in total. The molecule has 1 fully saturated rings. The highest BCUT2D eigenvalue weighted by Crippen LogP contribution is 2.20. The average Bonchev–Trinajstić information content (AvgIpc) is 2.85. The van der Waals surface area contributed by atoms with Gasteiger partial charge >= 0.3 is 0 Å². The molecule has 0 radical (unpaired) electrons. The van der Waals surface area contributed by atoms with Crippen LogP contribution in [0.4, 0.5) is 0 Å². The van der Waals surface area contributed by atoms with E-state index >= 15 is 0 Å². The minimum Gasteiger partial charge on any atom is -0.497 e. The second-order valence-electron chi connectivity index (χ2n) is 5.25. The van der Waals surface area contributed by atoms with Crippen molar-refractivity contribution in [3.63, 3.8) is 0 Å². The molecular weight excluding hydrogens is 240 g/mol. The number of carbonyl (C=O) groups is 1. The molecule has 0 spiro atoms. The fourth-order valence-corrected chi connectivity index (χ4v) is 2.46. The highest BCUT2D eigenvalue weighted by Gasteiger charge is 2.30. The molecule has 2 N–H and O–H groups in total. The Labute approximate surface area is 114 Å². The summed E-state index contributed by atoms with van der Waals surface area (Å²) in [6.45, 7) is 5.83. The standard InChI is InChI=1S/C15H22N2O2/c1-10-8-16-9-14(10)15(18)17-11(2)12-4-6-13(19-3)7-5-12/h4-7,10-11,14,16H,8-9H2,1-3H3,(H,17,18)/t10-,11-,14-/m1/s1. The average molecular weight is 262 g/mol. The molecule has 1 aliphatic rings. The lowest BCUT2D eigenvalue weighted by Crippen LogP contribution is -2.35. The lowest BCUT2D eigenvalue weighted by atomic mass is 9.96. The van der Waals surface area contributed by atoms with Crippen LogP contribution in [-0.2, 0) is 4.79 Å². The van der Waals surface area contributed by atoms with E-state index in [-0.39, 0.29) is 17.9 Å². The number of ether oxygens (including phenoxy) is 1. The van der Waals surface area contributed by atoms with Gasteiger partial charge in [-0.1, -0.05) is 19.1 Å². The van der Waals surface area contributed by atoms with Crippen LogP contribution in [0.15, 0.2) is 24.3 Å². The molecule has 0 aromatic heterocycles. The molecule has 1 aliphatic heterocycles. The van der Waals surface area contributed by atoms with Gasteiger partial charge in [0, 0.05) is 6.54 Å². The molecule has 1 amide bonds. The Morgan fingerprint density at radius 3 is 2.58 bits per heavy atom. The quantitative estimate of drug-likeness (QED) is 0.869. The highest BCUT2D eigenvalue weighted by atomic mass is 16.5. The second-order valence-corrected chi connectivity index (χ2v) is 5.25. The van der Waals surface area contributed by atoms with Crippen LogP contribution in [0.5, 0.6) is 5.75 Å². The van der Waals surface area contributed by atoms with Gasteiger partial charge in [-0.3, -0.25) is 4.79 Å². The Kier molecular flexibility index (Phi) is 4.43. The van der Waals surface area contributed by atoms with Gasteiger partial charge in [0.05, 0.1) is 19.1 Å². The fourth-order valence-electron chi connectivity index (χ4n) is 2.46. The molecular formula is C15H22N2O2. The summed E-state index contributed by atoms with van der Waals surface area (Å²) >= 11 is 0. The zero-order chi connectivity index (χ0) is 13.8. The highest BCUT2D eigenvalue weighted by molar-refractivity contribution is 5.80. The van der Waals surface area contributed by atoms with Crippen LogP contribution in [-0.4, -0.2) is 26.1 Å². The van der Waals surface area contributed by atoms with Gasteiger partial charge in [0.25, 0.3) is 0 Å². The molecule has 0 saturated carbocycles. The van der Waals surface area contributed by atoms with Crippen molar-refractivity contribution in [2.75, 3.05) is 20.2 Å². The molecule has 1 aromatic carbocycles. The topological polar surface area (TPSA) is 50.4 Å². The van der Waals surface area contributed by atoms with Gasteiger partial charge in [-0.25, -0.2) is 0 Å². The van der Waals surface area contributed by atoms with Crippen molar-refractivity contribution in [3.8, 4) is 5.75 Å². The van der Waals surface area contributed by atoms with E-state index in [0.717, 1.165) is 24.4 Å². The molecule has 3 atom stereocenters. The maximum atomic E-state index is 12.2. The summed E-state index contributed by atoms with van der Waals surface area (Å²) in [7, 11) is 1.65. The number of methoxy groups -OCH3 is 1. The Bertz CT molecular complexity index is 430. The monoisotopic (exact) mass is 262 g/mol. The third kappa shape index (κ3) is 3.26. The molecule has 0 bridgehead atoms. The summed E-state index contributed by atoms with van der Waals surface area (Å²) in [5, 5.41) is 6.34. The minimum atomic E-state index is 0.0196. The second kappa shape index (κ2) is 6.06. The Balaban J connectivity index is 1.95. The van der Waals surface area contributed by atoms with Gasteiger partial charge in [0.15, 0.2) is 0 Å². The Morgan fingerprint density at radius 1 is 1.37 bits per heavy atom. The van der Waals surface area contributed by atoms with E-state index in [9.17, 15) is 4.79 Å². The van der Waals surface area contributed by atoms with E-state index in [1.54, 1.807) is 7.11 Å².